The zero-order valence-electron chi connectivity index (χ0n) is 12.9. The Balaban J connectivity index is 1.89. The maximum atomic E-state index is 12.2. The molecular formula is C17H12Br2N2O3S. The van der Waals surface area contributed by atoms with Gasteiger partial charge in [0.05, 0.1) is 22.2 Å². The van der Waals surface area contributed by atoms with Crippen LogP contribution in [0.2, 0.25) is 0 Å². The summed E-state index contributed by atoms with van der Waals surface area (Å²) in [6, 6.07) is 10.8. The lowest BCUT2D eigenvalue weighted by Gasteiger charge is -2.06. The number of amides is 1. The summed E-state index contributed by atoms with van der Waals surface area (Å²) in [5, 5.41) is 13.4. The highest BCUT2D eigenvalue weighted by molar-refractivity contribution is 9.10. The van der Waals surface area contributed by atoms with Crippen molar-refractivity contribution in [3.05, 3.63) is 55.8 Å². The summed E-state index contributed by atoms with van der Waals surface area (Å²) in [5.74, 6) is 0.350. The van der Waals surface area contributed by atoms with Crippen molar-refractivity contribution in [3.8, 4) is 11.5 Å². The summed E-state index contributed by atoms with van der Waals surface area (Å²) in [6.45, 7) is 0. The van der Waals surface area contributed by atoms with Crippen molar-refractivity contribution in [1.29, 1.82) is 0 Å². The van der Waals surface area contributed by atoms with Gasteiger partial charge in [0.2, 0.25) is 0 Å². The number of rotatable bonds is 3. The molecule has 1 heterocycles. The second-order valence-corrected chi connectivity index (χ2v) is 7.81. The molecule has 2 aromatic carbocycles. The standard InChI is InChI=1S/C17H12Br2N2O3S/c1-24-12-6-9(15(22)13(19)8-12)7-14-16(23)21-17(25-14)20-11-4-2-10(18)3-5-11/h2-8,22H,1H3,(H,20,21,23)/b14-7+. The average molecular weight is 484 g/mol. The highest BCUT2D eigenvalue weighted by Gasteiger charge is 2.24. The summed E-state index contributed by atoms with van der Waals surface area (Å²) in [4.78, 5) is 17.0. The number of nitrogens with zero attached hydrogens (tertiary/aromatic N) is 1. The minimum absolute atomic E-state index is 0.0417. The minimum Gasteiger partial charge on any atom is -0.506 e. The lowest BCUT2D eigenvalue weighted by Crippen LogP contribution is -2.19. The number of benzene rings is 2. The number of carbonyl (C=O) groups excluding carboxylic acids is 1. The maximum absolute atomic E-state index is 12.2. The minimum atomic E-state index is -0.265. The van der Waals surface area contributed by atoms with Gasteiger partial charge in [0.15, 0.2) is 5.17 Å². The molecule has 0 aromatic heterocycles. The van der Waals surface area contributed by atoms with Gasteiger partial charge >= 0.3 is 0 Å². The number of nitrogens with one attached hydrogen (secondary N) is 1. The Morgan fingerprint density at radius 1 is 1.24 bits per heavy atom. The number of hydrogen-bond donors (Lipinski definition) is 2. The van der Waals surface area contributed by atoms with Crippen LogP contribution in [0.4, 0.5) is 5.69 Å². The molecule has 1 amide bonds. The van der Waals surface area contributed by atoms with E-state index in [0.717, 1.165) is 10.2 Å². The number of phenols is 1. The first-order valence-corrected chi connectivity index (χ1v) is 9.48. The van der Waals surface area contributed by atoms with E-state index in [4.69, 9.17) is 4.74 Å². The van der Waals surface area contributed by atoms with Crippen molar-refractivity contribution < 1.29 is 14.6 Å². The van der Waals surface area contributed by atoms with Crippen molar-refractivity contribution in [2.75, 3.05) is 7.11 Å². The van der Waals surface area contributed by atoms with Gasteiger partial charge in [-0.3, -0.25) is 4.79 Å². The number of hydrogen-bond acceptors (Lipinski definition) is 5. The molecule has 0 bridgehead atoms. The van der Waals surface area contributed by atoms with Gasteiger partial charge < -0.3 is 15.2 Å². The normalized spacial score (nSPS) is 17.2. The molecule has 0 unspecified atom stereocenters. The van der Waals surface area contributed by atoms with Crippen LogP contribution in [0.25, 0.3) is 6.08 Å². The summed E-state index contributed by atoms with van der Waals surface area (Å²) in [7, 11) is 1.54. The fourth-order valence-electron chi connectivity index (χ4n) is 2.08. The predicted molar refractivity (Wildman–Crippen MR) is 107 cm³/mol. The molecule has 0 atom stereocenters. The SMILES string of the molecule is COc1cc(Br)c(O)c(/C=C2/SC(=Nc3ccc(Br)cc3)NC2=O)c1. The summed E-state index contributed by atoms with van der Waals surface area (Å²) < 4.78 is 6.64. The van der Waals surface area contributed by atoms with Crippen molar-refractivity contribution in [1.82, 2.24) is 5.32 Å². The van der Waals surface area contributed by atoms with Gasteiger partial charge in [0.1, 0.15) is 11.5 Å². The molecule has 25 heavy (non-hydrogen) atoms. The average Bonchev–Trinajstić information content (AvgIpc) is 2.93. The molecule has 2 N–H and O–H groups in total. The molecule has 0 aliphatic carbocycles. The Hall–Kier alpha value is -1.77. The number of thioether (sulfide) groups is 1. The Morgan fingerprint density at radius 3 is 2.64 bits per heavy atom. The number of aliphatic imine (C=N–C) groups is 1. The highest BCUT2D eigenvalue weighted by Crippen LogP contribution is 2.36. The third kappa shape index (κ3) is 4.26. The Morgan fingerprint density at radius 2 is 1.96 bits per heavy atom. The van der Waals surface area contributed by atoms with Crippen LogP contribution in [0.15, 0.2) is 55.2 Å². The summed E-state index contributed by atoms with van der Waals surface area (Å²) >= 11 is 7.85. The van der Waals surface area contributed by atoms with Gasteiger partial charge in [0.25, 0.3) is 5.91 Å². The van der Waals surface area contributed by atoms with E-state index in [1.165, 1.54) is 18.9 Å². The predicted octanol–water partition coefficient (Wildman–Crippen LogP) is 4.82. The lowest BCUT2D eigenvalue weighted by molar-refractivity contribution is -0.115. The van der Waals surface area contributed by atoms with Crippen molar-refractivity contribution in [3.63, 3.8) is 0 Å². The first-order chi connectivity index (χ1) is 12.0. The number of aromatic hydroxyl groups is 1. The number of phenolic OH excluding ortho intramolecular Hbond substituents is 1. The number of carbonyl (C=O) groups is 1. The fraction of sp³-hybridized carbons (Fsp3) is 0.0588. The molecule has 1 aliphatic heterocycles. The van der Waals surface area contributed by atoms with E-state index in [2.05, 4.69) is 42.2 Å². The molecule has 2 aromatic rings. The molecule has 1 aliphatic rings. The summed E-state index contributed by atoms with van der Waals surface area (Å²) in [5.41, 5.74) is 1.22. The van der Waals surface area contributed by atoms with E-state index in [1.807, 2.05) is 24.3 Å². The van der Waals surface area contributed by atoms with Gasteiger partial charge in [-0.2, -0.15) is 0 Å². The van der Waals surface area contributed by atoms with Crippen LogP contribution in [0.1, 0.15) is 5.56 Å². The van der Waals surface area contributed by atoms with E-state index in [9.17, 15) is 9.90 Å². The first-order valence-electron chi connectivity index (χ1n) is 7.08. The third-order valence-electron chi connectivity index (χ3n) is 3.30. The lowest BCUT2D eigenvalue weighted by atomic mass is 10.1. The maximum Gasteiger partial charge on any atom is 0.264 e. The third-order valence-corrected chi connectivity index (χ3v) is 5.34. The Bertz CT molecular complexity index is 896. The monoisotopic (exact) mass is 482 g/mol. The first kappa shape index (κ1) is 18.0. The second kappa shape index (κ2) is 7.63. The van der Waals surface area contributed by atoms with Crippen molar-refractivity contribution >= 4 is 66.5 Å². The zero-order valence-corrected chi connectivity index (χ0v) is 16.9. The molecule has 1 saturated heterocycles. The van der Waals surface area contributed by atoms with Crippen LogP contribution in [-0.2, 0) is 4.79 Å². The molecule has 5 nitrogen and oxygen atoms in total. The largest absolute Gasteiger partial charge is 0.506 e. The molecule has 0 spiro atoms. The van der Waals surface area contributed by atoms with Crippen LogP contribution in [0.5, 0.6) is 11.5 Å². The van der Waals surface area contributed by atoms with Gasteiger partial charge in [-0.15, -0.1) is 0 Å². The molecule has 0 radical (unpaired) electrons. The van der Waals surface area contributed by atoms with Crippen LogP contribution in [-0.4, -0.2) is 23.3 Å². The number of halogens is 2. The number of amidine groups is 1. The molecule has 3 rings (SSSR count). The molecule has 128 valence electrons. The zero-order chi connectivity index (χ0) is 18.0. The number of methoxy groups -OCH3 is 1. The van der Waals surface area contributed by atoms with E-state index in [-0.39, 0.29) is 11.7 Å². The Labute approximate surface area is 165 Å². The quantitative estimate of drug-likeness (QED) is 0.614. The number of ether oxygens (including phenoxy) is 1. The Kier molecular flexibility index (Phi) is 5.51. The van der Waals surface area contributed by atoms with Gasteiger partial charge in [-0.1, -0.05) is 15.9 Å². The molecule has 1 fully saturated rings. The topological polar surface area (TPSA) is 70.9 Å². The van der Waals surface area contributed by atoms with Gasteiger partial charge in [0, 0.05) is 10.0 Å². The van der Waals surface area contributed by atoms with Crippen LogP contribution < -0.4 is 10.1 Å². The van der Waals surface area contributed by atoms with Crippen LogP contribution in [0, 0.1) is 0 Å². The van der Waals surface area contributed by atoms with Gasteiger partial charge in [-0.05, 0) is 70.2 Å². The molecule has 8 heteroatoms. The molecule has 0 saturated carbocycles. The fourth-order valence-corrected chi connectivity index (χ4v) is 3.63. The second-order valence-electron chi connectivity index (χ2n) is 5.01. The van der Waals surface area contributed by atoms with E-state index < -0.39 is 0 Å². The molecular weight excluding hydrogens is 472 g/mol. The summed E-state index contributed by atoms with van der Waals surface area (Å²) in [6.07, 6.45) is 1.60. The van der Waals surface area contributed by atoms with Crippen LogP contribution >= 0.6 is 43.6 Å². The van der Waals surface area contributed by atoms with Crippen molar-refractivity contribution in [2.24, 2.45) is 4.99 Å². The van der Waals surface area contributed by atoms with Crippen LogP contribution in [0.3, 0.4) is 0 Å². The van der Waals surface area contributed by atoms with E-state index >= 15 is 0 Å². The van der Waals surface area contributed by atoms with Crippen molar-refractivity contribution in [2.45, 2.75) is 0 Å². The highest BCUT2D eigenvalue weighted by atomic mass is 79.9. The van der Waals surface area contributed by atoms with E-state index in [0.29, 0.717) is 25.9 Å². The van der Waals surface area contributed by atoms with E-state index in [1.54, 1.807) is 18.2 Å². The smallest absolute Gasteiger partial charge is 0.264 e. The van der Waals surface area contributed by atoms with Gasteiger partial charge in [-0.25, -0.2) is 4.99 Å².